The first-order valence-corrected chi connectivity index (χ1v) is 8.90. The number of rotatable bonds is 3. The number of halogens is 1. The maximum absolute atomic E-state index is 12.4. The normalized spacial score (nSPS) is 21.4. The largest absolute Gasteiger partial charge is 0.348 e. The van der Waals surface area contributed by atoms with Crippen LogP contribution in [0.3, 0.4) is 0 Å². The lowest BCUT2D eigenvalue weighted by Crippen LogP contribution is -2.50. The summed E-state index contributed by atoms with van der Waals surface area (Å²) in [6.45, 7) is 7.23. The Hall–Kier alpha value is -1.15. The fourth-order valence-corrected chi connectivity index (χ4v) is 3.57. The van der Waals surface area contributed by atoms with Crippen molar-refractivity contribution in [3.63, 3.8) is 0 Å². The average molecular weight is 362 g/mol. The molecule has 1 aromatic carbocycles. The molecule has 0 radical (unpaired) electrons. The van der Waals surface area contributed by atoms with Gasteiger partial charge in [0, 0.05) is 18.2 Å². The average Bonchev–Trinajstić information content (AvgIpc) is 2.42. The molecule has 8 heteroatoms. The van der Waals surface area contributed by atoms with Crippen molar-refractivity contribution in [3.8, 4) is 0 Å². The number of carbonyl (C=O) groups is 1. The predicted octanol–water partition coefficient (Wildman–Crippen LogP) is 1.10. The minimum atomic E-state index is -3.85. The third-order valence-corrected chi connectivity index (χ3v) is 5.37. The molecular formula is C15H24ClN3O3S. The third kappa shape index (κ3) is 4.67. The highest BCUT2D eigenvalue weighted by atomic mass is 35.5. The van der Waals surface area contributed by atoms with E-state index in [0.29, 0.717) is 17.0 Å². The number of carbonyl (C=O) groups excluding carboxylic acids is 1. The van der Waals surface area contributed by atoms with Crippen LogP contribution in [0, 0.1) is 19.8 Å². The van der Waals surface area contributed by atoms with Gasteiger partial charge in [-0.2, -0.15) is 0 Å². The molecule has 1 heterocycles. The van der Waals surface area contributed by atoms with Crippen LogP contribution in [0.5, 0.6) is 0 Å². The minimum absolute atomic E-state index is 0. The van der Waals surface area contributed by atoms with Crippen molar-refractivity contribution in [1.82, 2.24) is 10.6 Å². The van der Waals surface area contributed by atoms with Crippen molar-refractivity contribution in [2.75, 3.05) is 13.1 Å². The zero-order valence-electron chi connectivity index (χ0n) is 13.5. The molecule has 1 amide bonds. The summed E-state index contributed by atoms with van der Waals surface area (Å²) in [6, 6.07) is 3.09. The Bertz CT molecular complexity index is 691. The molecule has 130 valence electrons. The molecular weight excluding hydrogens is 338 g/mol. The molecule has 0 bridgehead atoms. The Kier molecular flexibility index (Phi) is 6.59. The van der Waals surface area contributed by atoms with Crippen LogP contribution in [0.15, 0.2) is 17.0 Å². The van der Waals surface area contributed by atoms with Crippen molar-refractivity contribution in [3.05, 3.63) is 28.8 Å². The number of sulfonamides is 1. The van der Waals surface area contributed by atoms with E-state index in [4.69, 9.17) is 5.14 Å². The van der Waals surface area contributed by atoms with Crippen LogP contribution in [-0.4, -0.2) is 33.5 Å². The van der Waals surface area contributed by atoms with Crippen LogP contribution in [0.1, 0.15) is 34.8 Å². The van der Waals surface area contributed by atoms with E-state index in [1.54, 1.807) is 19.9 Å². The van der Waals surface area contributed by atoms with Gasteiger partial charge in [0.15, 0.2) is 0 Å². The van der Waals surface area contributed by atoms with E-state index in [9.17, 15) is 13.2 Å². The van der Waals surface area contributed by atoms with Crippen molar-refractivity contribution in [2.45, 2.75) is 38.1 Å². The Balaban J connectivity index is 0.00000264. The molecule has 1 aliphatic rings. The second-order valence-electron chi connectivity index (χ2n) is 6.01. The van der Waals surface area contributed by atoms with Gasteiger partial charge < -0.3 is 10.6 Å². The summed E-state index contributed by atoms with van der Waals surface area (Å²) in [4.78, 5) is 12.4. The Morgan fingerprint density at radius 1 is 1.35 bits per heavy atom. The van der Waals surface area contributed by atoms with E-state index in [0.717, 1.165) is 25.1 Å². The number of primary sulfonamides is 1. The number of nitrogens with two attached hydrogens (primary N) is 1. The van der Waals surface area contributed by atoms with E-state index in [1.165, 1.54) is 6.07 Å². The molecule has 0 aromatic heterocycles. The summed E-state index contributed by atoms with van der Waals surface area (Å²) < 4.78 is 23.3. The molecule has 2 rings (SSSR count). The topological polar surface area (TPSA) is 101 Å². The first-order valence-electron chi connectivity index (χ1n) is 7.35. The van der Waals surface area contributed by atoms with Crippen LogP contribution in [0.4, 0.5) is 0 Å². The SMILES string of the molecule is Cc1cc(C(=O)NC2CNCCC2C)cc(S(N)(=O)=O)c1C.Cl. The van der Waals surface area contributed by atoms with Gasteiger partial charge in [-0.05, 0) is 56.0 Å². The summed E-state index contributed by atoms with van der Waals surface area (Å²) in [6.07, 6.45) is 1.00. The second kappa shape index (κ2) is 7.61. The van der Waals surface area contributed by atoms with E-state index in [1.807, 2.05) is 0 Å². The molecule has 1 aromatic rings. The molecule has 1 aliphatic heterocycles. The minimum Gasteiger partial charge on any atom is -0.348 e. The molecule has 2 atom stereocenters. The van der Waals surface area contributed by atoms with Gasteiger partial charge in [-0.3, -0.25) is 4.79 Å². The molecule has 0 aliphatic carbocycles. The molecule has 4 N–H and O–H groups in total. The van der Waals surface area contributed by atoms with Crippen molar-refractivity contribution < 1.29 is 13.2 Å². The van der Waals surface area contributed by atoms with Crippen molar-refractivity contribution >= 4 is 28.3 Å². The fraction of sp³-hybridized carbons (Fsp3) is 0.533. The zero-order chi connectivity index (χ0) is 16.5. The van der Waals surface area contributed by atoms with Gasteiger partial charge in [0.1, 0.15) is 0 Å². The maximum Gasteiger partial charge on any atom is 0.251 e. The van der Waals surface area contributed by atoms with Gasteiger partial charge >= 0.3 is 0 Å². The molecule has 6 nitrogen and oxygen atoms in total. The van der Waals surface area contributed by atoms with Gasteiger partial charge in [0.05, 0.1) is 4.90 Å². The molecule has 1 saturated heterocycles. The quantitative estimate of drug-likeness (QED) is 0.750. The number of hydrogen-bond acceptors (Lipinski definition) is 4. The highest BCUT2D eigenvalue weighted by Gasteiger charge is 2.24. The number of aryl methyl sites for hydroxylation is 1. The number of hydrogen-bond donors (Lipinski definition) is 3. The Morgan fingerprint density at radius 3 is 2.57 bits per heavy atom. The van der Waals surface area contributed by atoms with Gasteiger partial charge in [-0.15, -0.1) is 12.4 Å². The molecule has 0 spiro atoms. The zero-order valence-corrected chi connectivity index (χ0v) is 15.2. The predicted molar refractivity (Wildman–Crippen MR) is 92.4 cm³/mol. The lowest BCUT2D eigenvalue weighted by molar-refractivity contribution is 0.0915. The van der Waals surface area contributed by atoms with E-state index >= 15 is 0 Å². The lowest BCUT2D eigenvalue weighted by atomic mass is 9.94. The summed E-state index contributed by atoms with van der Waals surface area (Å²) in [7, 11) is -3.85. The summed E-state index contributed by atoms with van der Waals surface area (Å²) in [5.74, 6) is 0.114. The van der Waals surface area contributed by atoms with Crippen LogP contribution in [-0.2, 0) is 10.0 Å². The standard InChI is InChI=1S/C15H23N3O3S.ClH/c1-9-4-5-17-8-13(9)18-15(19)12-6-10(2)11(3)14(7-12)22(16,20)21;/h6-7,9,13,17H,4-5,8H2,1-3H3,(H,18,19)(H2,16,20,21);1H. The van der Waals surface area contributed by atoms with Gasteiger partial charge in [-0.25, -0.2) is 13.6 Å². The fourth-order valence-electron chi connectivity index (χ4n) is 2.69. The molecule has 2 unspecified atom stereocenters. The van der Waals surface area contributed by atoms with Crippen LogP contribution < -0.4 is 15.8 Å². The Morgan fingerprint density at radius 2 is 2.00 bits per heavy atom. The van der Waals surface area contributed by atoms with Crippen LogP contribution in [0.25, 0.3) is 0 Å². The number of amides is 1. The third-order valence-electron chi connectivity index (χ3n) is 4.33. The van der Waals surface area contributed by atoms with Crippen LogP contribution in [0.2, 0.25) is 0 Å². The first kappa shape index (κ1) is 19.9. The summed E-state index contributed by atoms with van der Waals surface area (Å²) >= 11 is 0. The van der Waals surface area contributed by atoms with E-state index < -0.39 is 10.0 Å². The summed E-state index contributed by atoms with van der Waals surface area (Å²) in [5.41, 5.74) is 1.63. The smallest absolute Gasteiger partial charge is 0.251 e. The monoisotopic (exact) mass is 361 g/mol. The molecule has 0 saturated carbocycles. The molecule has 1 fully saturated rings. The van der Waals surface area contributed by atoms with E-state index in [2.05, 4.69) is 17.6 Å². The Labute approximate surface area is 143 Å². The highest BCUT2D eigenvalue weighted by Crippen LogP contribution is 2.20. The van der Waals surface area contributed by atoms with E-state index in [-0.39, 0.29) is 29.3 Å². The van der Waals surface area contributed by atoms with Gasteiger partial charge in [0.2, 0.25) is 10.0 Å². The maximum atomic E-state index is 12.4. The van der Waals surface area contributed by atoms with Crippen molar-refractivity contribution in [2.24, 2.45) is 11.1 Å². The number of benzene rings is 1. The number of piperidine rings is 1. The van der Waals surface area contributed by atoms with Gasteiger partial charge in [0.25, 0.3) is 5.91 Å². The summed E-state index contributed by atoms with van der Waals surface area (Å²) in [5, 5.41) is 11.5. The van der Waals surface area contributed by atoms with Crippen LogP contribution >= 0.6 is 12.4 Å². The molecule has 23 heavy (non-hydrogen) atoms. The first-order chi connectivity index (χ1) is 10.2. The lowest BCUT2D eigenvalue weighted by Gasteiger charge is -2.30. The van der Waals surface area contributed by atoms with Gasteiger partial charge in [-0.1, -0.05) is 6.92 Å². The number of nitrogens with one attached hydrogen (secondary N) is 2. The second-order valence-corrected chi connectivity index (χ2v) is 7.54. The highest BCUT2D eigenvalue weighted by molar-refractivity contribution is 7.89. The van der Waals surface area contributed by atoms with Crippen molar-refractivity contribution in [1.29, 1.82) is 0 Å².